The highest BCUT2D eigenvalue weighted by Gasteiger charge is 2.29. The first-order valence-electron chi connectivity index (χ1n) is 27.1. The van der Waals surface area contributed by atoms with Gasteiger partial charge in [0.25, 0.3) is 47.3 Å². The molecule has 0 saturated heterocycles. The molecule has 0 fully saturated rings. The van der Waals surface area contributed by atoms with E-state index in [0.717, 1.165) is 19.3 Å². The number of unbranched alkanes of at least 4 members (excludes halogenated alkanes) is 3. The van der Waals surface area contributed by atoms with Gasteiger partial charge in [-0.15, -0.1) is 0 Å². The fourth-order valence-corrected chi connectivity index (χ4v) is 9.09. The molecule has 0 saturated carbocycles. The van der Waals surface area contributed by atoms with Crippen LogP contribution in [0.4, 0.5) is 47.4 Å². The molecule has 8 amide bonds. The summed E-state index contributed by atoms with van der Waals surface area (Å²) in [5.41, 5.74) is 7.32. The van der Waals surface area contributed by atoms with Gasteiger partial charge in [0.2, 0.25) is 5.82 Å². The number of nitrogens with zero attached hydrogens (tertiary/aromatic N) is 11. The summed E-state index contributed by atoms with van der Waals surface area (Å²) >= 11 is 0. The van der Waals surface area contributed by atoms with Crippen molar-refractivity contribution in [3.8, 4) is 0 Å². The van der Waals surface area contributed by atoms with Gasteiger partial charge in [0.15, 0.2) is 17.5 Å². The van der Waals surface area contributed by atoms with Crippen LogP contribution in [0.2, 0.25) is 0 Å². The van der Waals surface area contributed by atoms with Crippen molar-refractivity contribution in [2.24, 2.45) is 35.2 Å². The van der Waals surface area contributed by atoms with E-state index >= 15 is 0 Å². The molecule has 0 radical (unpaired) electrons. The van der Waals surface area contributed by atoms with Crippen molar-refractivity contribution in [3.05, 3.63) is 138 Å². The number of halogens is 3. The van der Waals surface area contributed by atoms with Gasteiger partial charge in [-0.05, 0) is 43.2 Å². The largest absolute Gasteiger partial charge is 0.542 e. The van der Waals surface area contributed by atoms with Crippen LogP contribution in [0.1, 0.15) is 116 Å². The predicted octanol–water partition coefficient (Wildman–Crippen LogP) is 2.39. The molecule has 11 N–H and O–H groups in total. The van der Waals surface area contributed by atoms with Crippen LogP contribution < -0.4 is 53.4 Å². The van der Waals surface area contributed by atoms with E-state index in [1.165, 1.54) is 43.2 Å². The van der Waals surface area contributed by atoms with Crippen molar-refractivity contribution in [2.75, 3.05) is 52.5 Å². The van der Waals surface area contributed by atoms with Gasteiger partial charge in [-0.1, -0.05) is 12.8 Å². The molecule has 8 aromatic heterocycles. The van der Waals surface area contributed by atoms with Crippen molar-refractivity contribution in [3.63, 3.8) is 0 Å². The summed E-state index contributed by atoms with van der Waals surface area (Å²) in [7, 11) is 11.4. The number of hydrogen-bond donors (Lipinski definition) is 9. The molecule has 88 heavy (non-hydrogen) atoms. The number of carbonyl (C=O) groups excluding carboxylic acids is 9. The lowest BCUT2D eigenvalue weighted by molar-refractivity contribution is -0.368. The van der Waals surface area contributed by atoms with Crippen LogP contribution in [0.15, 0.2) is 92.3 Å². The lowest BCUT2D eigenvalue weighted by Gasteiger charge is -2.09. The molecule has 0 spiro atoms. The summed E-state index contributed by atoms with van der Waals surface area (Å²) in [5.74, 6) is -6.01. The van der Waals surface area contributed by atoms with Crippen molar-refractivity contribution in [1.29, 1.82) is 0 Å². The summed E-state index contributed by atoms with van der Waals surface area (Å²) < 4.78 is 44.6. The number of imidazole rings is 3. The molecule has 0 aliphatic rings. The first-order valence-corrected chi connectivity index (χ1v) is 27.1. The minimum Gasteiger partial charge on any atom is -0.542 e. The molecule has 30 nitrogen and oxygen atoms in total. The molecule has 8 aromatic rings. The number of rotatable bonds is 24. The molecule has 0 aliphatic carbocycles. The number of anilines is 6. The number of aryl methyl sites for hydroxylation is 8. The number of alkyl halides is 3. The van der Waals surface area contributed by atoms with Crippen molar-refractivity contribution < 1.29 is 67.2 Å². The Labute approximate surface area is 499 Å². The fourth-order valence-electron chi connectivity index (χ4n) is 9.09. The third kappa shape index (κ3) is 16.0. The van der Waals surface area contributed by atoms with Crippen LogP contribution in [0.5, 0.6) is 0 Å². The first-order chi connectivity index (χ1) is 41.8. The van der Waals surface area contributed by atoms with E-state index in [2.05, 4.69) is 63.2 Å². The summed E-state index contributed by atoms with van der Waals surface area (Å²) in [5, 5.41) is 30.8. The molecule has 0 bridgehead atoms. The Kier molecular flexibility index (Phi) is 20.7. The predicted molar refractivity (Wildman–Crippen MR) is 310 cm³/mol. The third-order valence-electron chi connectivity index (χ3n) is 13.4. The molecule has 0 atom stereocenters. The van der Waals surface area contributed by atoms with Crippen LogP contribution in [0.3, 0.4) is 0 Å². The van der Waals surface area contributed by atoms with E-state index < -0.39 is 47.6 Å². The van der Waals surface area contributed by atoms with Crippen LogP contribution in [0.25, 0.3) is 0 Å². The van der Waals surface area contributed by atoms with Gasteiger partial charge in [0, 0.05) is 137 Å². The second kappa shape index (κ2) is 28.3. The van der Waals surface area contributed by atoms with Crippen molar-refractivity contribution in [1.82, 2.24) is 62.1 Å². The van der Waals surface area contributed by atoms with E-state index in [4.69, 9.17) is 9.90 Å². The number of aromatic nitrogens is 11. The Morgan fingerprint density at radius 1 is 0.443 bits per heavy atom. The van der Waals surface area contributed by atoms with Gasteiger partial charge >= 0.3 is 6.18 Å². The maximum Gasteiger partial charge on any atom is 0.430 e. The lowest BCUT2D eigenvalue weighted by Crippen LogP contribution is -2.50. The zero-order valence-electron chi connectivity index (χ0n) is 48.9. The quantitative estimate of drug-likeness (QED) is 0.0393. The second-order valence-corrected chi connectivity index (χ2v) is 19.9. The number of carbonyl (C=O) groups is 9. The monoisotopic (exact) mass is 1220 g/mol. The lowest BCUT2D eigenvalue weighted by atomic mass is 10.2. The zero-order chi connectivity index (χ0) is 64.1. The average molecular weight is 1220 g/mol. The fraction of sp³-hybridized carbons (Fsp3) is 0.309. The number of carboxylic acid groups (broad SMARTS) is 1. The van der Waals surface area contributed by atoms with Gasteiger partial charge in [0.1, 0.15) is 34.4 Å². The Hall–Kier alpha value is -11.0. The summed E-state index contributed by atoms with van der Waals surface area (Å²) in [6.07, 6.45) is 14.6. The van der Waals surface area contributed by atoms with Crippen LogP contribution in [-0.2, 0) is 59.7 Å². The Morgan fingerprint density at radius 3 is 1.28 bits per heavy atom. The average Bonchev–Trinajstić information content (AvgIpc) is 2.97. The molecule has 0 unspecified atom stereocenters. The summed E-state index contributed by atoms with van der Waals surface area (Å²) in [6.45, 7) is 2.03. The molecule has 8 rings (SSSR count). The SMILES string of the molecule is CNC(=O)c1cc(NC(=O)c2cc(NC(=O)c3cc(NC(=O)c4nccn4CCCCCCn4cc(NC(=O)c5cc(NC(=O)c6nc(NC(=O)c7nccn7C)cn6C)cn5CCC[NH3+])cc4C(=O)NC)cn3C)cn2C)cn1C.O=C([O-])C(F)(F)F. The Morgan fingerprint density at radius 2 is 0.818 bits per heavy atom. The number of carboxylic acids is 1. The van der Waals surface area contributed by atoms with Crippen LogP contribution in [0, 0.1) is 0 Å². The molecular formula is C55H65F3N20O10. The van der Waals surface area contributed by atoms with E-state index in [1.54, 1.807) is 135 Å². The number of quaternary nitrogens is 1. The number of hydrogen-bond acceptors (Lipinski definition) is 13. The van der Waals surface area contributed by atoms with Gasteiger partial charge in [-0.25, -0.2) is 15.0 Å². The summed E-state index contributed by atoms with van der Waals surface area (Å²) in [4.78, 5) is 127. The highest BCUT2D eigenvalue weighted by atomic mass is 19.4. The second-order valence-electron chi connectivity index (χ2n) is 19.9. The van der Waals surface area contributed by atoms with Gasteiger partial charge in [-0.2, -0.15) is 13.2 Å². The molecule has 8 heterocycles. The minimum atomic E-state index is -5.19. The normalized spacial score (nSPS) is 11.1. The standard InChI is InChI=1S/C53H64N20O8.C2HF3O2/c1-55-46(74)37-21-32(26-67(37)4)59-48(76)38-22-33(27-68(38)5)60-49(77)39-23-34(28-69(39)6)62-52(80)44-58-15-20-71(44)16-10-8-9-11-17-72-29-35(24-40(72)47(75)56-2)61-50(78)41-25-36(30-73(41)18-12-13-54)63-53(81)45-64-42(31-70(45)7)65-51(79)43-57-14-19-66(43)3;3-2(4,5)1(6)7/h14-15,19-31H,8-13,16-18,54H2,1-7H3,(H,55,74)(H,56,75)(H,59,76)(H,60,77)(H,61,78)(H,62,80)(H,63,81)(H,65,79);(H,6,7). The number of aliphatic carboxylic acids is 1. The molecule has 0 aromatic carbocycles. The minimum absolute atomic E-state index is 0.0149. The molecule has 33 heteroatoms. The maximum absolute atomic E-state index is 13.9. The number of amides is 8. The first kappa shape index (κ1) is 64.6. The van der Waals surface area contributed by atoms with Crippen LogP contribution in [-0.4, -0.2) is 132 Å². The molecular weight excluding hydrogens is 1160 g/mol. The molecule has 0 aliphatic heterocycles. The zero-order valence-corrected chi connectivity index (χ0v) is 48.9. The van der Waals surface area contributed by atoms with Gasteiger partial charge < -0.3 is 94.7 Å². The van der Waals surface area contributed by atoms with E-state index in [1.807, 2.05) is 0 Å². The van der Waals surface area contributed by atoms with Crippen LogP contribution >= 0.6 is 0 Å². The van der Waals surface area contributed by atoms with Gasteiger partial charge in [0.05, 0.1) is 35.0 Å². The highest BCUT2D eigenvalue weighted by Crippen LogP contribution is 2.24. The maximum atomic E-state index is 13.9. The Bertz CT molecular complexity index is 3900. The van der Waals surface area contributed by atoms with E-state index in [9.17, 15) is 51.5 Å². The van der Waals surface area contributed by atoms with E-state index in [0.29, 0.717) is 78.8 Å². The number of nitrogens with one attached hydrogen (secondary N) is 8. The topological polar surface area (TPSA) is 379 Å². The van der Waals surface area contributed by atoms with Crippen molar-refractivity contribution >= 4 is 87.5 Å². The highest BCUT2D eigenvalue weighted by molar-refractivity contribution is 6.09. The van der Waals surface area contributed by atoms with E-state index in [-0.39, 0.29) is 52.2 Å². The smallest absolute Gasteiger partial charge is 0.430 e. The van der Waals surface area contributed by atoms with Gasteiger partial charge in [-0.3, -0.25) is 38.4 Å². The van der Waals surface area contributed by atoms with Crippen molar-refractivity contribution in [2.45, 2.75) is 57.9 Å². The summed E-state index contributed by atoms with van der Waals surface area (Å²) in [6, 6.07) is 7.78. The third-order valence-corrected chi connectivity index (χ3v) is 13.4. The molecule has 466 valence electrons. The Balaban J connectivity index is 0.00000149.